The van der Waals surface area contributed by atoms with Gasteiger partial charge in [-0.05, 0) is 36.4 Å². The minimum atomic E-state index is -4.51. The number of rotatable bonds is 4. The Kier molecular flexibility index (Phi) is 4.65. The van der Waals surface area contributed by atoms with E-state index in [0.29, 0.717) is 10.9 Å². The Morgan fingerprint density at radius 1 is 1.15 bits per heavy atom. The number of nitrogens with one attached hydrogen (secondary N) is 1. The molecule has 8 heteroatoms. The lowest BCUT2D eigenvalue weighted by Crippen LogP contribution is -2.23. The number of carboxylic acid groups (broad SMARTS) is 1. The zero-order valence-electron chi connectivity index (χ0n) is 14.5. The fraction of sp³-hybridized carbons (Fsp3) is 0.158. The maximum Gasteiger partial charge on any atom is 0.416 e. The number of pyridine rings is 1. The molecule has 1 heterocycles. The Labute approximate surface area is 153 Å². The highest BCUT2D eigenvalue weighted by Crippen LogP contribution is 2.34. The summed E-state index contributed by atoms with van der Waals surface area (Å²) in [5, 5.41) is 14.8. The van der Waals surface area contributed by atoms with Gasteiger partial charge in [0.2, 0.25) is 0 Å². The number of carbonyl (C=O) groups excluding carboxylic acids is 1. The Balaban J connectivity index is 2.18. The van der Waals surface area contributed by atoms with Crippen molar-refractivity contribution in [2.24, 2.45) is 0 Å². The fourth-order valence-corrected chi connectivity index (χ4v) is 2.67. The summed E-state index contributed by atoms with van der Waals surface area (Å²) < 4.78 is 38.9. The molecule has 0 bridgehead atoms. The van der Waals surface area contributed by atoms with E-state index in [1.807, 2.05) is 25.1 Å². The van der Waals surface area contributed by atoms with Crippen molar-refractivity contribution in [2.45, 2.75) is 6.18 Å². The molecule has 0 fully saturated rings. The zero-order valence-corrected chi connectivity index (χ0v) is 14.5. The van der Waals surface area contributed by atoms with E-state index in [9.17, 15) is 23.1 Å². The highest BCUT2D eigenvalue weighted by molar-refractivity contribution is 6.05. The van der Waals surface area contributed by atoms with Crippen molar-refractivity contribution >= 4 is 33.9 Å². The normalized spacial score (nSPS) is 11.4. The molecule has 27 heavy (non-hydrogen) atoms. The Morgan fingerprint density at radius 2 is 1.89 bits per heavy atom. The summed E-state index contributed by atoms with van der Waals surface area (Å²) >= 11 is 0. The van der Waals surface area contributed by atoms with Crippen LogP contribution in [0.4, 0.5) is 30.2 Å². The third kappa shape index (κ3) is 3.79. The molecule has 0 aliphatic rings. The first kappa shape index (κ1) is 18.5. The number of hydrogen-bond donors (Lipinski definition) is 1. The average Bonchev–Trinajstić information content (AvgIpc) is 2.60. The first-order valence-corrected chi connectivity index (χ1v) is 7.92. The van der Waals surface area contributed by atoms with Crippen molar-refractivity contribution in [2.75, 3.05) is 24.3 Å². The molecule has 5 nitrogen and oxygen atoms in total. The second-order valence-corrected chi connectivity index (χ2v) is 6.13. The second-order valence-electron chi connectivity index (χ2n) is 6.13. The second kappa shape index (κ2) is 6.79. The van der Waals surface area contributed by atoms with Crippen LogP contribution in [-0.4, -0.2) is 25.0 Å². The highest BCUT2D eigenvalue weighted by atomic mass is 19.4. The topological polar surface area (TPSA) is 68.3 Å². The maximum absolute atomic E-state index is 13.0. The third-order valence-corrected chi connectivity index (χ3v) is 4.05. The molecule has 0 unspecified atom stereocenters. The molecule has 3 rings (SSSR count). The van der Waals surface area contributed by atoms with Crippen molar-refractivity contribution in [1.29, 1.82) is 0 Å². The number of hydrogen-bond acceptors (Lipinski definition) is 5. The summed E-state index contributed by atoms with van der Waals surface area (Å²) in [6, 6.07) is 9.77. The van der Waals surface area contributed by atoms with Crippen LogP contribution in [0.25, 0.3) is 10.9 Å². The van der Waals surface area contributed by atoms with Crippen LogP contribution in [0, 0.1) is 0 Å². The lowest BCUT2D eigenvalue weighted by molar-refractivity contribution is -0.254. The van der Waals surface area contributed by atoms with Gasteiger partial charge < -0.3 is 20.1 Å². The van der Waals surface area contributed by atoms with Gasteiger partial charge in [0, 0.05) is 42.6 Å². The average molecular weight is 374 g/mol. The Bertz CT molecular complexity index is 1020. The van der Waals surface area contributed by atoms with Crippen LogP contribution in [0.15, 0.2) is 48.7 Å². The number of halogens is 3. The predicted molar refractivity (Wildman–Crippen MR) is 95.1 cm³/mol. The number of alkyl halides is 3. The summed E-state index contributed by atoms with van der Waals surface area (Å²) in [5.41, 5.74) is 0.440. The van der Waals surface area contributed by atoms with Gasteiger partial charge in [-0.1, -0.05) is 6.07 Å². The fourth-order valence-electron chi connectivity index (χ4n) is 2.67. The number of carboxylic acids is 1. The van der Waals surface area contributed by atoms with Crippen molar-refractivity contribution < 1.29 is 23.1 Å². The number of anilines is 3. The van der Waals surface area contributed by atoms with E-state index in [1.54, 1.807) is 12.1 Å². The number of nitrogens with zero attached hydrogens (tertiary/aromatic N) is 2. The molecule has 1 aromatic heterocycles. The lowest BCUT2D eigenvalue weighted by atomic mass is 10.1. The van der Waals surface area contributed by atoms with Gasteiger partial charge in [0.25, 0.3) is 0 Å². The van der Waals surface area contributed by atoms with Crippen LogP contribution >= 0.6 is 0 Å². The highest BCUT2D eigenvalue weighted by Gasteiger charge is 2.30. The summed E-state index contributed by atoms with van der Waals surface area (Å²) in [4.78, 5) is 17.4. The van der Waals surface area contributed by atoms with Gasteiger partial charge in [0.15, 0.2) is 0 Å². The quantitative estimate of drug-likeness (QED) is 0.758. The van der Waals surface area contributed by atoms with Crippen LogP contribution < -0.4 is 15.3 Å². The Hall–Kier alpha value is -3.29. The van der Waals surface area contributed by atoms with Crippen LogP contribution in [0.5, 0.6) is 0 Å². The zero-order chi connectivity index (χ0) is 19.8. The van der Waals surface area contributed by atoms with Crippen LogP contribution in [0.3, 0.4) is 0 Å². The molecule has 0 aliphatic carbocycles. The van der Waals surface area contributed by atoms with E-state index in [1.165, 1.54) is 12.1 Å². The molecule has 0 atom stereocenters. The van der Waals surface area contributed by atoms with E-state index < -0.39 is 17.7 Å². The molecule has 0 saturated carbocycles. The number of aromatic nitrogens is 1. The molecule has 3 aromatic rings. The summed E-state index contributed by atoms with van der Waals surface area (Å²) in [6.45, 7) is 0. The van der Waals surface area contributed by atoms with E-state index >= 15 is 0 Å². The van der Waals surface area contributed by atoms with Crippen LogP contribution in [0.2, 0.25) is 0 Å². The van der Waals surface area contributed by atoms with Gasteiger partial charge in [0.05, 0.1) is 22.7 Å². The smallest absolute Gasteiger partial charge is 0.416 e. The number of aromatic carboxylic acids is 1. The molecule has 0 radical (unpaired) electrons. The standard InChI is InChI=1S/C19H16F3N3O2/c1-25(2)13-6-7-16-14(9-13)17(15(10-23-16)18(26)27)24-12-5-3-4-11(8-12)19(20,21)22/h3-10H,1-2H3,(H,23,24)(H,26,27)/p-1. The minimum absolute atomic E-state index is 0.107. The van der Waals surface area contributed by atoms with Crippen molar-refractivity contribution in [3.05, 3.63) is 59.8 Å². The van der Waals surface area contributed by atoms with Crippen LogP contribution in [0.1, 0.15) is 15.9 Å². The van der Waals surface area contributed by atoms with E-state index in [4.69, 9.17) is 0 Å². The summed E-state index contributed by atoms with van der Waals surface area (Å²) in [5.74, 6) is -1.48. The maximum atomic E-state index is 13.0. The van der Waals surface area contributed by atoms with Gasteiger partial charge in [0.1, 0.15) is 0 Å². The predicted octanol–water partition coefficient (Wildman–Crippen LogP) is 3.43. The lowest BCUT2D eigenvalue weighted by Gasteiger charge is -2.18. The molecule has 0 spiro atoms. The van der Waals surface area contributed by atoms with Crippen molar-refractivity contribution in [3.8, 4) is 0 Å². The minimum Gasteiger partial charge on any atom is -0.545 e. The molecule has 2 aromatic carbocycles. The first-order valence-electron chi connectivity index (χ1n) is 7.92. The summed E-state index contributed by atoms with van der Waals surface area (Å²) in [7, 11) is 3.63. The first-order chi connectivity index (χ1) is 12.7. The van der Waals surface area contributed by atoms with Gasteiger partial charge in [-0.3, -0.25) is 4.98 Å². The number of benzene rings is 2. The molecule has 0 aliphatic heterocycles. The molecule has 1 N–H and O–H groups in total. The largest absolute Gasteiger partial charge is 0.545 e. The van der Waals surface area contributed by atoms with Gasteiger partial charge in [-0.2, -0.15) is 13.2 Å². The van der Waals surface area contributed by atoms with Crippen molar-refractivity contribution in [3.63, 3.8) is 0 Å². The summed E-state index contributed by atoms with van der Waals surface area (Å²) in [6.07, 6.45) is -3.38. The monoisotopic (exact) mass is 374 g/mol. The van der Waals surface area contributed by atoms with E-state index in [0.717, 1.165) is 24.0 Å². The van der Waals surface area contributed by atoms with Crippen molar-refractivity contribution in [1.82, 2.24) is 4.98 Å². The van der Waals surface area contributed by atoms with Crippen LogP contribution in [-0.2, 0) is 6.18 Å². The molecular formula is C19H15F3N3O2-. The molecular weight excluding hydrogens is 359 g/mol. The van der Waals surface area contributed by atoms with Gasteiger partial charge >= 0.3 is 6.18 Å². The van der Waals surface area contributed by atoms with Gasteiger partial charge in [-0.15, -0.1) is 0 Å². The van der Waals surface area contributed by atoms with Gasteiger partial charge in [-0.25, -0.2) is 0 Å². The molecule has 0 saturated heterocycles. The van der Waals surface area contributed by atoms with E-state index in [-0.39, 0.29) is 16.9 Å². The number of fused-ring (bicyclic) bond motifs is 1. The third-order valence-electron chi connectivity index (χ3n) is 4.05. The Morgan fingerprint density at radius 3 is 2.52 bits per heavy atom. The molecule has 0 amide bonds. The van der Waals surface area contributed by atoms with E-state index in [2.05, 4.69) is 10.3 Å². The SMILES string of the molecule is CN(C)c1ccc2ncc(C(=O)[O-])c(Nc3cccc(C(F)(F)F)c3)c2c1. The molecule has 140 valence electrons. The number of carbonyl (C=O) groups is 1.